The first-order chi connectivity index (χ1) is 40.5. The molecule has 0 aliphatic heterocycles. The van der Waals surface area contributed by atoms with Crippen LogP contribution in [0.15, 0.2) is 134 Å². The van der Waals surface area contributed by atoms with E-state index in [2.05, 4.69) is 154 Å². The third kappa shape index (κ3) is 66.4. The molecule has 6 nitrogen and oxygen atoms in total. The standard InChI is InChI=1S/C76H126O6/c1-4-7-10-13-16-19-22-24-26-28-30-31-32-33-34-35-36-37-38-39-40-41-42-43-44-45-46-48-49-51-54-57-60-63-66-69-75(78)81-72-73(71-80-74(77)68-65-62-59-56-53-21-18-15-12-9-6-3)82-76(79)70-67-64-61-58-55-52-50-47-29-27-25-23-20-17-14-11-8-5-2/h7,10,15-16,18-19,24,26,30-31,33-34,36-37,39-40,42-43,45-46,49,51,73H,4-6,8-9,11-14,17,20-23,25,27-29,32,35,38,41,44,47-48,50,52-72H2,1-3H3/b10-7-,18-15-,19-16-,26-24-,31-30-,34-33-,37-36-,40-39-,43-42-,46-45-,51-49-. The van der Waals surface area contributed by atoms with Gasteiger partial charge < -0.3 is 14.2 Å². The zero-order valence-corrected chi connectivity index (χ0v) is 53.5. The van der Waals surface area contributed by atoms with Gasteiger partial charge in [-0.1, -0.05) is 309 Å². The normalized spacial score (nSPS) is 13.0. The fraction of sp³-hybridized carbons (Fsp3) is 0.671. The van der Waals surface area contributed by atoms with Gasteiger partial charge in [-0.15, -0.1) is 0 Å². The number of carbonyl (C=O) groups excluding carboxylic acids is 3. The molecule has 1 atom stereocenters. The molecule has 0 N–H and O–H groups in total. The molecule has 0 heterocycles. The third-order valence-corrected chi connectivity index (χ3v) is 14.4. The first-order valence-electron chi connectivity index (χ1n) is 34.2. The van der Waals surface area contributed by atoms with Crippen LogP contribution in [0.25, 0.3) is 0 Å². The summed E-state index contributed by atoms with van der Waals surface area (Å²) >= 11 is 0. The second kappa shape index (κ2) is 69.0. The van der Waals surface area contributed by atoms with Crippen molar-refractivity contribution in [1.82, 2.24) is 0 Å². The van der Waals surface area contributed by atoms with E-state index in [-0.39, 0.29) is 31.1 Å². The number of rotatable bonds is 61. The summed E-state index contributed by atoms with van der Waals surface area (Å²) in [6.45, 7) is 6.48. The van der Waals surface area contributed by atoms with E-state index in [1.54, 1.807) is 0 Å². The lowest BCUT2D eigenvalue weighted by atomic mass is 10.0. The number of esters is 3. The molecule has 0 rings (SSSR count). The van der Waals surface area contributed by atoms with Gasteiger partial charge in [0.15, 0.2) is 6.10 Å². The van der Waals surface area contributed by atoms with E-state index in [0.29, 0.717) is 19.3 Å². The van der Waals surface area contributed by atoms with Gasteiger partial charge in [0.05, 0.1) is 0 Å². The Morgan fingerprint density at radius 3 is 0.793 bits per heavy atom. The monoisotopic (exact) mass is 1130 g/mol. The highest BCUT2D eigenvalue weighted by molar-refractivity contribution is 5.71. The van der Waals surface area contributed by atoms with Crippen molar-refractivity contribution in [1.29, 1.82) is 0 Å². The van der Waals surface area contributed by atoms with Crippen LogP contribution < -0.4 is 0 Å². The van der Waals surface area contributed by atoms with Crippen LogP contribution in [0.3, 0.4) is 0 Å². The number of allylic oxidation sites excluding steroid dienone is 22. The summed E-state index contributed by atoms with van der Waals surface area (Å²) in [7, 11) is 0. The maximum atomic E-state index is 12.9. The van der Waals surface area contributed by atoms with Crippen LogP contribution in [0.4, 0.5) is 0 Å². The van der Waals surface area contributed by atoms with E-state index in [1.165, 1.54) is 122 Å². The molecule has 0 saturated heterocycles. The molecule has 0 aromatic heterocycles. The SMILES string of the molecule is CC/C=C\C/C=C\C/C=C\C/C=C\C/C=C\C/C=C\C/C=C\C/C=C\C/C=C\C/C=C\CCCCCCC(=O)OCC(COC(=O)CCCCCCC/C=C\CCCC)OC(=O)CCCCCCCCCCCCCCCCCCCC. The van der Waals surface area contributed by atoms with Gasteiger partial charge in [0.25, 0.3) is 0 Å². The summed E-state index contributed by atoms with van der Waals surface area (Å²) in [5.41, 5.74) is 0. The smallest absolute Gasteiger partial charge is 0.306 e. The highest BCUT2D eigenvalue weighted by Crippen LogP contribution is 2.16. The summed E-state index contributed by atoms with van der Waals surface area (Å²) in [4.78, 5) is 38.3. The molecule has 0 radical (unpaired) electrons. The number of hydrogen-bond acceptors (Lipinski definition) is 6. The third-order valence-electron chi connectivity index (χ3n) is 14.4. The molecule has 0 spiro atoms. The molecule has 0 aliphatic rings. The van der Waals surface area contributed by atoms with Crippen LogP contribution in [-0.4, -0.2) is 37.2 Å². The van der Waals surface area contributed by atoms with E-state index >= 15 is 0 Å². The van der Waals surface area contributed by atoms with Crippen LogP contribution >= 0.6 is 0 Å². The zero-order chi connectivity index (χ0) is 59.2. The Kier molecular flexibility index (Phi) is 65.3. The van der Waals surface area contributed by atoms with Crippen LogP contribution in [0.2, 0.25) is 0 Å². The van der Waals surface area contributed by atoms with Crippen molar-refractivity contribution in [3.05, 3.63) is 134 Å². The molecule has 0 bridgehead atoms. The van der Waals surface area contributed by atoms with Gasteiger partial charge in [0.1, 0.15) is 13.2 Å². The second-order valence-electron chi connectivity index (χ2n) is 22.4. The molecule has 0 amide bonds. The lowest BCUT2D eigenvalue weighted by molar-refractivity contribution is -0.167. The summed E-state index contributed by atoms with van der Waals surface area (Å²) in [5.74, 6) is -0.918. The molecule has 0 aromatic carbocycles. The van der Waals surface area contributed by atoms with Gasteiger partial charge in [-0.25, -0.2) is 0 Å². The van der Waals surface area contributed by atoms with Gasteiger partial charge in [-0.05, 0) is 116 Å². The predicted molar refractivity (Wildman–Crippen MR) is 357 cm³/mol. The Balaban J connectivity index is 4.29. The summed E-state index contributed by atoms with van der Waals surface area (Å²) < 4.78 is 16.9. The Morgan fingerprint density at radius 2 is 0.488 bits per heavy atom. The first kappa shape index (κ1) is 77.5. The van der Waals surface area contributed by atoms with E-state index in [1.807, 2.05) is 0 Å². The van der Waals surface area contributed by atoms with Crippen molar-refractivity contribution in [2.45, 2.75) is 316 Å². The highest BCUT2D eigenvalue weighted by Gasteiger charge is 2.19. The highest BCUT2D eigenvalue weighted by atomic mass is 16.6. The minimum absolute atomic E-state index is 0.0904. The van der Waals surface area contributed by atoms with Crippen molar-refractivity contribution in [3.63, 3.8) is 0 Å². The van der Waals surface area contributed by atoms with Crippen molar-refractivity contribution < 1.29 is 28.6 Å². The van der Waals surface area contributed by atoms with Crippen LogP contribution in [0.5, 0.6) is 0 Å². The van der Waals surface area contributed by atoms with Gasteiger partial charge >= 0.3 is 17.9 Å². The van der Waals surface area contributed by atoms with Gasteiger partial charge in [-0.2, -0.15) is 0 Å². The minimum atomic E-state index is -0.794. The molecule has 6 heteroatoms. The molecule has 0 saturated carbocycles. The van der Waals surface area contributed by atoms with Gasteiger partial charge in [0, 0.05) is 19.3 Å². The molecule has 1 unspecified atom stereocenters. The fourth-order valence-electron chi connectivity index (χ4n) is 9.28. The molecule has 466 valence electrons. The van der Waals surface area contributed by atoms with E-state index < -0.39 is 6.10 Å². The lowest BCUT2D eigenvalue weighted by Crippen LogP contribution is -2.30. The van der Waals surface area contributed by atoms with E-state index in [4.69, 9.17) is 14.2 Å². The lowest BCUT2D eigenvalue weighted by Gasteiger charge is -2.18. The van der Waals surface area contributed by atoms with Gasteiger partial charge in [0.2, 0.25) is 0 Å². The number of carbonyl (C=O) groups is 3. The molecule has 0 fully saturated rings. The average Bonchev–Trinajstić information content (AvgIpc) is 3.47. The largest absolute Gasteiger partial charge is 0.462 e. The molecular weight excluding hydrogens is 1010 g/mol. The number of unbranched alkanes of at least 4 members (excludes halogenated alkanes) is 28. The maximum Gasteiger partial charge on any atom is 0.306 e. The molecule has 0 aliphatic carbocycles. The Hall–Kier alpha value is -4.45. The molecule has 0 aromatic rings. The quantitative estimate of drug-likeness (QED) is 0.0261. The summed E-state index contributed by atoms with van der Waals surface area (Å²) in [6.07, 6.45) is 97.6. The van der Waals surface area contributed by atoms with E-state index in [9.17, 15) is 14.4 Å². The Labute approximate surface area is 506 Å². The van der Waals surface area contributed by atoms with E-state index in [0.717, 1.165) is 148 Å². The molecular formula is C76H126O6. The number of hydrogen-bond donors (Lipinski definition) is 0. The Morgan fingerprint density at radius 1 is 0.256 bits per heavy atom. The van der Waals surface area contributed by atoms with Crippen LogP contribution in [0.1, 0.15) is 310 Å². The average molecular weight is 1140 g/mol. The fourth-order valence-corrected chi connectivity index (χ4v) is 9.28. The topological polar surface area (TPSA) is 78.9 Å². The van der Waals surface area contributed by atoms with Crippen molar-refractivity contribution >= 4 is 17.9 Å². The maximum absolute atomic E-state index is 12.9. The summed E-state index contributed by atoms with van der Waals surface area (Å²) in [5, 5.41) is 0. The minimum Gasteiger partial charge on any atom is -0.462 e. The second-order valence-corrected chi connectivity index (χ2v) is 22.4. The van der Waals surface area contributed by atoms with Crippen molar-refractivity contribution in [2.24, 2.45) is 0 Å². The number of ether oxygens (including phenoxy) is 3. The Bertz CT molecular complexity index is 1730. The first-order valence-corrected chi connectivity index (χ1v) is 34.2. The predicted octanol–water partition coefficient (Wildman–Crippen LogP) is 23.7. The zero-order valence-electron chi connectivity index (χ0n) is 53.5. The van der Waals surface area contributed by atoms with Crippen molar-refractivity contribution in [3.8, 4) is 0 Å². The van der Waals surface area contributed by atoms with Crippen molar-refractivity contribution in [2.75, 3.05) is 13.2 Å². The van der Waals surface area contributed by atoms with Crippen LogP contribution in [-0.2, 0) is 28.6 Å². The molecule has 82 heavy (non-hydrogen) atoms. The van der Waals surface area contributed by atoms with Gasteiger partial charge in [-0.3, -0.25) is 14.4 Å². The summed E-state index contributed by atoms with van der Waals surface area (Å²) in [6, 6.07) is 0. The van der Waals surface area contributed by atoms with Crippen LogP contribution in [0, 0.1) is 0 Å².